The molecule has 0 atom stereocenters. The van der Waals surface area contributed by atoms with Crippen LogP contribution < -0.4 is 5.32 Å². The average Bonchev–Trinajstić information content (AvgIpc) is 2.60. The molecule has 0 fully saturated rings. The molecule has 0 aliphatic heterocycles. The second kappa shape index (κ2) is 7.09. The topological polar surface area (TPSA) is 42.0 Å². The van der Waals surface area contributed by atoms with E-state index in [-0.39, 0.29) is 5.91 Å². The van der Waals surface area contributed by atoms with Crippen molar-refractivity contribution in [1.82, 2.24) is 10.3 Å². The Kier molecular flexibility index (Phi) is 4.71. The van der Waals surface area contributed by atoms with Crippen LogP contribution in [0.4, 0.5) is 0 Å². The highest BCUT2D eigenvalue weighted by Gasteiger charge is 2.08. The number of nitrogens with one attached hydrogen (secondary N) is 1. The molecule has 0 saturated heterocycles. The summed E-state index contributed by atoms with van der Waals surface area (Å²) in [4.78, 5) is 16.6. The zero-order valence-electron chi connectivity index (χ0n) is 13.9. The van der Waals surface area contributed by atoms with Gasteiger partial charge in [0, 0.05) is 24.5 Å². The summed E-state index contributed by atoms with van der Waals surface area (Å²) in [5.74, 6) is -0.113. The Bertz CT molecular complexity index is 854. The average molecular weight is 316 g/mol. The SMILES string of the molecule is Cc1ccc(-c2cncc(C(=O)NCc3cccc(C)c3)c2)cc1. The van der Waals surface area contributed by atoms with Gasteiger partial charge in [0.05, 0.1) is 5.56 Å². The van der Waals surface area contributed by atoms with Crippen LogP contribution in [0.15, 0.2) is 67.0 Å². The maximum absolute atomic E-state index is 12.4. The van der Waals surface area contributed by atoms with E-state index in [0.717, 1.165) is 16.7 Å². The fourth-order valence-corrected chi connectivity index (χ4v) is 2.57. The first-order valence-electron chi connectivity index (χ1n) is 7.98. The molecule has 120 valence electrons. The predicted octanol–water partition coefficient (Wildman–Crippen LogP) is 4.30. The molecule has 0 saturated carbocycles. The molecule has 1 amide bonds. The molecule has 0 bridgehead atoms. The number of hydrogen-bond acceptors (Lipinski definition) is 2. The van der Waals surface area contributed by atoms with Crippen LogP contribution in [0.25, 0.3) is 11.1 Å². The van der Waals surface area contributed by atoms with Crippen molar-refractivity contribution in [3.63, 3.8) is 0 Å². The smallest absolute Gasteiger partial charge is 0.253 e. The first kappa shape index (κ1) is 15.9. The molecule has 3 nitrogen and oxygen atoms in total. The normalized spacial score (nSPS) is 10.4. The molecule has 3 rings (SSSR count). The van der Waals surface area contributed by atoms with Gasteiger partial charge in [0.1, 0.15) is 0 Å². The Balaban J connectivity index is 1.73. The van der Waals surface area contributed by atoms with Crippen LogP contribution in [0, 0.1) is 13.8 Å². The minimum absolute atomic E-state index is 0.113. The summed E-state index contributed by atoms with van der Waals surface area (Å²) in [5.41, 5.74) is 6.05. The van der Waals surface area contributed by atoms with Crippen molar-refractivity contribution in [2.45, 2.75) is 20.4 Å². The van der Waals surface area contributed by atoms with Crippen molar-refractivity contribution < 1.29 is 4.79 Å². The van der Waals surface area contributed by atoms with Crippen LogP contribution in [-0.4, -0.2) is 10.9 Å². The predicted molar refractivity (Wildman–Crippen MR) is 96.8 cm³/mol. The maximum atomic E-state index is 12.4. The first-order valence-corrected chi connectivity index (χ1v) is 7.98. The van der Waals surface area contributed by atoms with E-state index in [4.69, 9.17) is 0 Å². The van der Waals surface area contributed by atoms with E-state index in [0.29, 0.717) is 12.1 Å². The van der Waals surface area contributed by atoms with Gasteiger partial charge in [0.15, 0.2) is 0 Å². The summed E-state index contributed by atoms with van der Waals surface area (Å²) in [6.07, 6.45) is 3.38. The van der Waals surface area contributed by atoms with E-state index in [1.165, 1.54) is 11.1 Å². The number of aromatic nitrogens is 1. The van der Waals surface area contributed by atoms with Gasteiger partial charge >= 0.3 is 0 Å². The lowest BCUT2D eigenvalue weighted by atomic mass is 10.0. The largest absolute Gasteiger partial charge is 0.348 e. The molecule has 0 spiro atoms. The maximum Gasteiger partial charge on any atom is 0.253 e. The molecule has 0 aliphatic carbocycles. The molecular weight excluding hydrogens is 296 g/mol. The second-order valence-electron chi connectivity index (χ2n) is 6.00. The van der Waals surface area contributed by atoms with Gasteiger partial charge in [-0.2, -0.15) is 0 Å². The quantitative estimate of drug-likeness (QED) is 0.780. The Labute approximate surface area is 142 Å². The highest BCUT2D eigenvalue weighted by atomic mass is 16.1. The Hall–Kier alpha value is -2.94. The van der Waals surface area contributed by atoms with E-state index < -0.39 is 0 Å². The number of hydrogen-bond donors (Lipinski definition) is 1. The van der Waals surface area contributed by atoms with Gasteiger partial charge < -0.3 is 5.32 Å². The number of rotatable bonds is 4. The zero-order valence-corrected chi connectivity index (χ0v) is 13.9. The van der Waals surface area contributed by atoms with Crippen LogP contribution in [0.5, 0.6) is 0 Å². The van der Waals surface area contributed by atoms with Gasteiger partial charge in [-0.15, -0.1) is 0 Å². The van der Waals surface area contributed by atoms with Crippen LogP contribution in [-0.2, 0) is 6.54 Å². The molecule has 1 aromatic heterocycles. The first-order chi connectivity index (χ1) is 11.6. The van der Waals surface area contributed by atoms with E-state index >= 15 is 0 Å². The standard InChI is InChI=1S/C21H20N2O/c1-15-6-8-18(9-7-15)19-11-20(14-22-13-19)21(24)23-12-17-5-3-4-16(2)10-17/h3-11,13-14H,12H2,1-2H3,(H,23,24). The number of carbonyl (C=O) groups excluding carboxylic acids is 1. The van der Waals surface area contributed by atoms with Gasteiger partial charge in [-0.05, 0) is 31.0 Å². The molecule has 0 radical (unpaired) electrons. The van der Waals surface area contributed by atoms with Crippen molar-refractivity contribution in [2.24, 2.45) is 0 Å². The molecular formula is C21H20N2O. The van der Waals surface area contributed by atoms with Crippen molar-refractivity contribution in [1.29, 1.82) is 0 Å². The number of nitrogens with zero attached hydrogens (tertiary/aromatic N) is 1. The lowest BCUT2D eigenvalue weighted by molar-refractivity contribution is 0.0950. The summed E-state index contributed by atoms with van der Waals surface area (Å²) in [7, 11) is 0. The molecule has 0 aliphatic rings. The second-order valence-corrected chi connectivity index (χ2v) is 6.00. The molecule has 2 aromatic carbocycles. The number of carbonyl (C=O) groups is 1. The Morgan fingerprint density at radius 3 is 2.46 bits per heavy atom. The molecule has 1 heterocycles. The molecule has 24 heavy (non-hydrogen) atoms. The summed E-state index contributed by atoms with van der Waals surface area (Å²) in [6, 6.07) is 18.2. The molecule has 1 N–H and O–H groups in total. The van der Waals surface area contributed by atoms with Crippen molar-refractivity contribution in [2.75, 3.05) is 0 Å². The minimum Gasteiger partial charge on any atom is -0.348 e. The van der Waals surface area contributed by atoms with Crippen LogP contribution in [0.3, 0.4) is 0 Å². The van der Waals surface area contributed by atoms with Gasteiger partial charge in [0.2, 0.25) is 0 Å². The van der Waals surface area contributed by atoms with Gasteiger partial charge in [-0.1, -0.05) is 59.7 Å². The zero-order chi connectivity index (χ0) is 16.9. The third-order valence-electron chi connectivity index (χ3n) is 3.92. The fraction of sp³-hybridized carbons (Fsp3) is 0.143. The Morgan fingerprint density at radius 2 is 1.71 bits per heavy atom. The third kappa shape index (κ3) is 3.87. The number of aryl methyl sites for hydroxylation is 2. The van der Waals surface area contributed by atoms with Crippen LogP contribution >= 0.6 is 0 Å². The molecule has 0 unspecified atom stereocenters. The summed E-state index contributed by atoms with van der Waals surface area (Å²) in [6.45, 7) is 4.60. The van der Waals surface area contributed by atoms with Crippen molar-refractivity contribution in [3.05, 3.63) is 89.2 Å². The number of benzene rings is 2. The van der Waals surface area contributed by atoms with E-state index in [1.807, 2.05) is 43.3 Å². The van der Waals surface area contributed by atoms with E-state index in [1.54, 1.807) is 12.4 Å². The van der Waals surface area contributed by atoms with Gasteiger partial charge in [0.25, 0.3) is 5.91 Å². The van der Waals surface area contributed by atoms with Crippen molar-refractivity contribution in [3.8, 4) is 11.1 Å². The lowest BCUT2D eigenvalue weighted by Crippen LogP contribution is -2.23. The number of pyridine rings is 1. The number of amides is 1. The van der Waals surface area contributed by atoms with E-state index in [9.17, 15) is 4.79 Å². The minimum atomic E-state index is -0.113. The summed E-state index contributed by atoms with van der Waals surface area (Å²) < 4.78 is 0. The third-order valence-corrected chi connectivity index (χ3v) is 3.92. The van der Waals surface area contributed by atoms with E-state index in [2.05, 4.69) is 35.4 Å². The summed E-state index contributed by atoms with van der Waals surface area (Å²) >= 11 is 0. The van der Waals surface area contributed by atoms with Crippen molar-refractivity contribution >= 4 is 5.91 Å². The summed E-state index contributed by atoms with van der Waals surface area (Å²) in [5, 5.41) is 2.95. The van der Waals surface area contributed by atoms with Crippen LogP contribution in [0.1, 0.15) is 27.0 Å². The molecule has 3 aromatic rings. The van der Waals surface area contributed by atoms with Gasteiger partial charge in [-0.25, -0.2) is 0 Å². The monoisotopic (exact) mass is 316 g/mol. The highest BCUT2D eigenvalue weighted by molar-refractivity contribution is 5.95. The molecule has 3 heteroatoms. The highest BCUT2D eigenvalue weighted by Crippen LogP contribution is 2.20. The fourth-order valence-electron chi connectivity index (χ4n) is 2.57. The van der Waals surface area contributed by atoms with Crippen LogP contribution in [0.2, 0.25) is 0 Å². The Morgan fingerprint density at radius 1 is 0.917 bits per heavy atom. The van der Waals surface area contributed by atoms with Gasteiger partial charge in [-0.3, -0.25) is 9.78 Å². The lowest BCUT2D eigenvalue weighted by Gasteiger charge is -2.08.